The van der Waals surface area contributed by atoms with Crippen LogP contribution < -0.4 is 14.8 Å². The van der Waals surface area contributed by atoms with Crippen molar-refractivity contribution in [3.8, 4) is 5.75 Å². The van der Waals surface area contributed by atoms with Gasteiger partial charge in [-0.3, -0.25) is 4.79 Å². The summed E-state index contributed by atoms with van der Waals surface area (Å²) in [5.41, 5.74) is 3.82. The third kappa shape index (κ3) is 5.68. The Morgan fingerprint density at radius 1 is 0.905 bits per heavy atom. The number of benzene rings is 3. The van der Waals surface area contributed by atoms with E-state index in [1.807, 2.05) is 6.26 Å². The lowest BCUT2D eigenvalue weighted by atomic mass is 9.46. The van der Waals surface area contributed by atoms with Gasteiger partial charge in [0.25, 0.3) is 9.04 Å². The molecule has 0 aliphatic heterocycles. The van der Waals surface area contributed by atoms with Crippen molar-refractivity contribution >= 4 is 25.4 Å². The van der Waals surface area contributed by atoms with E-state index in [-0.39, 0.29) is 17.3 Å². The zero-order valence-corrected chi connectivity index (χ0v) is 26.4. The van der Waals surface area contributed by atoms with E-state index >= 15 is 0 Å². The highest BCUT2D eigenvalue weighted by molar-refractivity contribution is 6.80. The van der Waals surface area contributed by atoms with Gasteiger partial charge in [0, 0.05) is 17.4 Å². The Hall–Kier alpha value is -3.31. The number of para-hydroxylation sites is 1. The van der Waals surface area contributed by atoms with Crippen LogP contribution in [0.25, 0.3) is 0 Å². The second-order valence-corrected chi connectivity index (χ2v) is 16.1. The molecule has 0 heterocycles. The summed E-state index contributed by atoms with van der Waals surface area (Å²) in [6, 6.07) is 28.4. The molecule has 4 nitrogen and oxygen atoms in total. The molecular formula is C37H44O4Si. The molecule has 0 spiro atoms. The second kappa shape index (κ2) is 11.8. The van der Waals surface area contributed by atoms with E-state index in [0.717, 1.165) is 30.4 Å². The fourth-order valence-corrected chi connectivity index (χ4v) is 10.5. The maximum Gasteiger partial charge on any atom is 0.303 e. The fourth-order valence-electron chi connectivity index (χ4n) is 8.22. The molecular weight excluding hydrogens is 536 g/mol. The average Bonchev–Trinajstić information content (AvgIpc) is 2.97. The molecule has 0 aromatic heterocycles. The highest BCUT2D eigenvalue weighted by atomic mass is 28.3. The first kappa shape index (κ1) is 28.8. The van der Waals surface area contributed by atoms with Gasteiger partial charge in [-0.15, -0.1) is 0 Å². The Morgan fingerprint density at radius 2 is 1.52 bits per heavy atom. The van der Waals surface area contributed by atoms with Crippen molar-refractivity contribution in [3.63, 3.8) is 0 Å². The van der Waals surface area contributed by atoms with Gasteiger partial charge < -0.3 is 14.3 Å². The first-order valence-corrected chi connectivity index (χ1v) is 17.3. The summed E-state index contributed by atoms with van der Waals surface area (Å²) in [5, 5.41) is 11.7. The Balaban J connectivity index is 1.47. The molecule has 0 radical (unpaired) electrons. The van der Waals surface area contributed by atoms with Crippen LogP contribution in [0, 0.1) is 17.8 Å². The molecule has 0 amide bonds. The van der Waals surface area contributed by atoms with Gasteiger partial charge in [0.05, 0.1) is 12.9 Å². The maximum atomic E-state index is 11.1. The second-order valence-electron chi connectivity index (χ2n) is 13.8. The zero-order valence-electron chi connectivity index (χ0n) is 25.2. The lowest BCUT2D eigenvalue weighted by molar-refractivity contribution is -0.137. The SMILES string of the molecule is CC(C)(C)c1cccc(C23CC4CC(CC(C4)C2=COCCCC(=O)O)C3)c1O[SiH](c1ccccc1)c1ccccc1. The van der Waals surface area contributed by atoms with Crippen LogP contribution in [-0.4, -0.2) is 26.7 Å². The van der Waals surface area contributed by atoms with Crippen LogP contribution in [0.1, 0.15) is 76.8 Å². The van der Waals surface area contributed by atoms with Crippen molar-refractivity contribution in [2.75, 3.05) is 6.61 Å². The minimum absolute atomic E-state index is 0.0861. The first-order valence-electron chi connectivity index (χ1n) is 15.7. The standard InChI is InChI=1S/C37H44O4Si/c1-36(2,3)31-16-10-17-32(35(31)41-42(29-12-6-4-7-13-29)30-14-8-5-9-15-30)37-23-26-20-27(24-37)22-28(21-26)33(37)25-40-19-11-18-34(38)39/h4-10,12-17,25-28,42H,11,18-24H2,1-3H3,(H,38,39). The molecule has 220 valence electrons. The van der Waals surface area contributed by atoms with Crippen LogP contribution in [0.2, 0.25) is 0 Å². The Bertz CT molecular complexity index is 1370. The van der Waals surface area contributed by atoms with Gasteiger partial charge in [-0.05, 0) is 83.2 Å². The first-order chi connectivity index (χ1) is 20.2. The van der Waals surface area contributed by atoms with Crippen LogP contribution in [0.3, 0.4) is 0 Å². The Morgan fingerprint density at radius 3 is 2.10 bits per heavy atom. The lowest BCUT2D eigenvalue weighted by Gasteiger charge is -2.58. The van der Waals surface area contributed by atoms with E-state index in [4.69, 9.17) is 14.3 Å². The fraction of sp³-hybridized carbons (Fsp3) is 0.432. The molecule has 4 bridgehead atoms. The van der Waals surface area contributed by atoms with E-state index in [1.165, 1.54) is 46.3 Å². The molecule has 2 atom stereocenters. The van der Waals surface area contributed by atoms with Gasteiger partial charge in [0.1, 0.15) is 5.75 Å². The molecule has 3 aromatic carbocycles. The molecule has 0 saturated heterocycles. The minimum atomic E-state index is -2.07. The summed E-state index contributed by atoms with van der Waals surface area (Å²) in [6.45, 7) is 7.32. The van der Waals surface area contributed by atoms with Crippen LogP contribution in [0.4, 0.5) is 0 Å². The summed E-state index contributed by atoms with van der Waals surface area (Å²) < 4.78 is 13.6. The molecule has 42 heavy (non-hydrogen) atoms. The van der Waals surface area contributed by atoms with Gasteiger partial charge in [-0.1, -0.05) is 99.6 Å². The quantitative estimate of drug-likeness (QED) is 0.164. The Kier molecular flexibility index (Phi) is 8.06. The summed E-state index contributed by atoms with van der Waals surface area (Å²) >= 11 is 0. The highest BCUT2D eigenvalue weighted by Gasteiger charge is 2.56. The molecule has 4 fully saturated rings. The van der Waals surface area contributed by atoms with Crippen molar-refractivity contribution in [2.24, 2.45) is 17.8 Å². The molecule has 3 aromatic rings. The van der Waals surface area contributed by atoms with E-state index in [9.17, 15) is 4.79 Å². The highest BCUT2D eigenvalue weighted by Crippen LogP contribution is 2.65. The van der Waals surface area contributed by atoms with Gasteiger partial charge in [-0.2, -0.15) is 0 Å². The smallest absolute Gasteiger partial charge is 0.303 e. The number of hydrogen-bond acceptors (Lipinski definition) is 3. The number of carboxylic acid groups (broad SMARTS) is 1. The number of rotatable bonds is 10. The minimum Gasteiger partial charge on any atom is -0.537 e. The van der Waals surface area contributed by atoms with Gasteiger partial charge >= 0.3 is 5.97 Å². The average molecular weight is 581 g/mol. The lowest BCUT2D eigenvalue weighted by Crippen LogP contribution is -2.52. The number of hydrogen-bond donors (Lipinski definition) is 1. The van der Waals surface area contributed by atoms with Crippen molar-refractivity contribution in [1.82, 2.24) is 0 Å². The van der Waals surface area contributed by atoms with E-state index in [1.54, 1.807) is 0 Å². The number of carbonyl (C=O) groups is 1. The molecule has 2 unspecified atom stereocenters. The van der Waals surface area contributed by atoms with Crippen LogP contribution in [0.5, 0.6) is 5.75 Å². The van der Waals surface area contributed by atoms with E-state index < -0.39 is 15.0 Å². The van der Waals surface area contributed by atoms with Gasteiger partial charge in [-0.25, -0.2) is 0 Å². The number of allylic oxidation sites excluding steroid dienone is 1. The van der Waals surface area contributed by atoms with Crippen molar-refractivity contribution < 1.29 is 19.1 Å². The van der Waals surface area contributed by atoms with Crippen molar-refractivity contribution in [3.05, 3.63) is 102 Å². The predicted octanol–water partition coefficient (Wildman–Crippen LogP) is 6.74. The largest absolute Gasteiger partial charge is 0.537 e. The normalized spacial score (nSPS) is 25.6. The topological polar surface area (TPSA) is 55.8 Å². The van der Waals surface area contributed by atoms with Crippen molar-refractivity contribution in [2.45, 2.75) is 76.5 Å². The summed E-state index contributed by atoms with van der Waals surface area (Å²) in [7, 11) is -2.07. The number of aliphatic carboxylic acids is 1. The summed E-state index contributed by atoms with van der Waals surface area (Å²) in [5.74, 6) is 2.29. The summed E-state index contributed by atoms with van der Waals surface area (Å²) in [6.07, 6.45) is 8.79. The molecule has 5 heteroatoms. The predicted molar refractivity (Wildman–Crippen MR) is 171 cm³/mol. The maximum absolute atomic E-state index is 11.1. The number of ether oxygens (including phenoxy) is 1. The van der Waals surface area contributed by atoms with E-state index in [2.05, 4.69) is 99.6 Å². The molecule has 7 rings (SSSR count). The summed E-state index contributed by atoms with van der Waals surface area (Å²) in [4.78, 5) is 11.1. The molecule has 4 saturated carbocycles. The monoisotopic (exact) mass is 580 g/mol. The van der Waals surface area contributed by atoms with E-state index in [0.29, 0.717) is 18.9 Å². The van der Waals surface area contributed by atoms with Gasteiger partial charge in [0.2, 0.25) is 0 Å². The zero-order chi connectivity index (χ0) is 29.3. The third-order valence-electron chi connectivity index (χ3n) is 9.81. The Labute approximate surface area is 252 Å². The number of carboxylic acids is 1. The van der Waals surface area contributed by atoms with Crippen LogP contribution in [-0.2, 0) is 20.4 Å². The third-order valence-corrected chi connectivity index (χ3v) is 12.3. The molecule has 4 aliphatic rings. The molecule has 1 N–H and O–H groups in total. The van der Waals surface area contributed by atoms with Crippen LogP contribution >= 0.6 is 0 Å². The van der Waals surface area contributed by atoms with Crippen molar-refractivity contribution in [1.29, 1.82) is 0 Å². The van der Waals surface area contributed by atoms with Gasteiger partial charge in [0.15, 0.2) is 0 Å². The van der Waals surface area contributed by atoms with Crippen LogP contribution in [0.15, 0.2) is 90.7 Å². The molecule has 4 aliphatic carbocycles.